The molecule has 0 saturated heterocycles. The number of hydrogen-bond donors (Lipinski definition) is 0. The van der Waals surface area contributed by atoms with Gasteiger partial charge in [0.2, 0.25) is 0 Å². The zero-order valence-electron chi connectivity index (χ0n) is 11.0. The second kappa shape index (κ2) is 5.12. The molecule has 17 heavy (non-hydrogen) atoms. The van der Waals surface area contributed by atoms with Crippen molar-refractivity contribution in [1.29, 1.82) is 0 Å². The number of rotatable bonds is 4. The summed E-state index contributed by atoms with van der Waals surface area (Å²) in [5.41, 5.74) is 0.187. The fourth-order valence-electron chi connectivity index (χ4n) is 1.27. The molecular formula is C12H19N3O2. The maximum absolute atomic E-state index is 11.4. The number of anilines is 1. The number of nitrogens with zero attached hydrogens (tertiary/aromatic N) is 3. The van der Waals surface area contributed by atoms with E-state index < -0.39 is 5.97 Å². The summed E-state index contributed by atoms with van der Waals surface area (Å²) in [5, 5.41) is 0. The van der Waals surface area contributed by atoms with Crippen LogP contribution in [0.3, 0.4) is 0 Å². The van der Waals surface area contributed by atoms with Gasteiger partial charge in [-0.15, -0.1) is 0 Å². The zero-order chi connectivity index (χ0) is 13.1. The molecule has 0 atom stereocenters. The van der Waals surface area contributed by atoms with Crippen molar-refractivity contribution in [3.05, 3.63) is 18.1 Å². The number of hydrogen-bond acceptors (Lipinski definition) is 5. The number of aromatic nitrogens is 2. The van der Waals surface area contributed by atoms with Crippen molar-refractivity contribution in [2.75, 3.05) is 19.1 Å². The first-order valence-electron chi connectivity index (χ1n) is 5.56. The number of methoxy groups -OCH3 is 1. The molecule has 94 valence electrons. The summed E-state index contributed by atoms with van der Waals surface area (Å²) >= 11 is 0. The molecule has 1 rings (SSSR count). The molecule has 0 aliphatic carbocycles. The molecule has 1 heterocycles. The molecule has 0 bridgehead atoms. The van der Waals surface area contributed by atoms with Crippen LogP contribution in [0, 0.1) is 0 Å². The summed E-state index contributed by atoms with van der Waals surface area (Å²) in [6, 6.07) is 0. The van der Waals surface area contributed by atoms with E-state index in [1.165, 1.54) is 13.3 Å². The van der Waals surface area contributed by atoms with Gasteiger partial charge in [0, 0.05) is 12.6 Å². The summed E-state index contributed by atoms with van der Waals surface area (Å²) in [7, 11) is 3.27. The van der Waals surface area contributed by atoms with Gasteiger partial charge in [0.1, 0.15) is 5.82 Å². The van der Waals surface area contributed by atoms with Gasteiger partial charge < -0.3 is 9.64 Å². The van der Waals surface area contributed by atoms with Gasteiger partial charge in [-0.25, -0.2) is 9.78 Å². The van der Waals surface area contributed by atoms with Crippen LogP contribution in [0.15, 0.2) is 12.4 Å². The van der Waals surface area contributed by atoms with Gasteiger partial charge in [-0.1, -0.05) is 6.92 Å². The van der Waals surface area contributed by atoms with Gasteiger partial charge in [-0.2, -0.15) is 0 Å². The summed E-state index contributed by atoms with van der Waals surface area (Å²) in [4.78, 5) is 21.6. The van der Waals surface area contributed by atoms with Crippen molar-refractivity contribution in [2.24, 2.45) is 0 Å². The normalized spacial score (nSPS) is 11.1. The van der Waals surface area contributed by atoms with Crippen molar-refractivity contribution in [3.63, 3.8) is 0 Å². The molecule has 5 heteroatoms. The molecule has 0 aliphatic rings. The van der Waals surface area contributed by atoms with Crippen molar-refractivity contribution in [1.82, 2.24) is 9.97 Å². The molecule has 5 nitrogen and oxygen atoms in total. The monoisotopic (exact) mass is 237 g/mol. The maximum Gasteiger partial charge on any atom is 0.358 e. The van der Waals surface area contributed by atoms with Crippen LogP contribution in [0.2, 0.25) is 0 Å². The van der Waals surface area contributed by atoms with E-state index in [0.717, 1.165) is 6.42 Å². The second-order valence-corrected chi connectivity index (χ2v) is 4.48. The highest BCUT2D eigenvalue weighted by Crippen LogP contribution is 2.22. The highest BCUT2D eigenvalue weighted by molar-refractivity contribution is 5.87. The van der Waals surface area contributed by atoms with Crippen LogP contribution in [0.1, 0.15) is 37.7 Å². The fraction of sp³-hybridized carbons (Fsp3) is 0.583. The van der Waals surface area contributed by atoms with E-state index in [0.29, 0.717) is 5.82 Å². The van der Waals surface area contributed by atoms with E-state index in [4.69, 9.17) is 0 Å². The molecule has 0 amide bonds. The average molecular weight is 237 g/mol. The Balaban J connectivity index is 3.03. The van der Waals surface area contributed by atoms with Gasteiger partial charge in [0.05, 0.1) is 19.5 Å². The highest BCUT2D eigenvalue weighted by atomic mass is 16.5. The Bertz CT molecular complexity index is 404. The Hall–Kier alpha value is -1.65. The third-order valence-corrected chi connectivity index (χ3v) is 3.13. The Labute approximate surface area is 102 Å². The van der Waals surface area contributed by atoms with Crippen LogP contribution in [0.25, 0.3) is 0 Å². The summed E-state index contributed by atoms with van der Waals surface area (Å²) in [6.07, 6.45) is 4.01. The lowest BCUT2D eigenvalue weighted by Crippen LogP contribution is -2.41. The van der Waals surface area contributed by atoms with Crippen molar-refractivity contribution >= 4 is 11.8 Å². The van der Waals surface area contributed by atoms with Gasteiger partial charge in [0.15, 0.2) is 5.69 Å². The van der Waals surface area contributed by atoms with Crippen LogP contribution >= 0.6 is 0 Å². The molecular weight excluding hydrogens is 218 g/mol. The molecule has 0 fully saturated rings. The van der Waals surface area contributed by atoms with Crippen LogP contribution in [-0.2, 0) is 4.74 Å². The van der Waals surface area contributed by atoms with E-state index in [9.17, 15) is 4.79 Å². The molecule has 1 aromatic rings. The molecule has 1 aromatic heterocycles. The van der Waals surface area contributed by atoms with Crippen LogP contribution < -0.4 is 4.90 Å². The van der Waals surface area contributed by atoms with Gasteiger partial charge in [-0.3, -0.25) is 4.98 Å². The van der Waals surface area contributed by atoms with E-state index in [-0.39, 0.29) is 11.2 Å². The predicted octanol–water partition coefficient (Wildman–Crippen LogP) is 1.89. The number of carbonyl (C=O) groups excluding carboxylic acids is 1. The zero-order valence-corrected chi connectivity index (χ0v) is 11.0. The predicted molar refractivity (Wildman–Crippen MR) is 66.1 cm³/mol. The third-order valence-electron chi connectivity index (χ3n) is 3.13. The lowest BCUT2D eigenvalue weighted by molar-refractivity contribution is 0.0593. The minimum atomic E-state index is -0.470. The average Bonchev–Trinajstić information content (AvgIpc) is 2.36. The standard InChI is InChI=1S/C12H19N3O2/c1-6-12(2,3)15(4)10-8-13-7-9(14-10)11(16)17-5/h7-8H,6H2,1-5H3. The molecule has 0 radical (unpaired) electrons. The van der Waals surface area contributed by atoms with Crippen molar-refractivity contribution in [3.8, 4) is 0 Å². The van der Waals surface area contributed by atoms with Gasteiger partial charge >= 0.3 is 5.97 Å². The lowest BCUT2D eigenvalue weighted by Gasteiger charge is -2.35. The van der Waals surface area contributed by atoms with Crippen LogP contribution in [-0.4, -0.2) is 35.6 Å². The van der Waals surface area contributed by atoms with Crippen LogP contribution in [0.4, 0.5) is 5.82 Å². The van der Waals surface area contributed by atoms with E-state index in [1.54, 1.807) is 6.20 Å². The minimum Gasteiger partial charge on any atom is -0.464 e. The Morgan fingerprint density at radius 1 is 1.47 bits per heavy atom. The topological polar surface area (TPSA) is 55.3 Å². The minimum absolute atomic E-state index is 0.0383. The molecule has 0 N–H and O–H groups in total. The summed E-state index contributed by atoms with van der Waals surface area (Å²) < 4.78 is 4.62. The van der Waals surface area contributed by atoms with Crippen LogP contribution in [0.5, 0.6) is 0 Å². The van der Waals surface area contributed by atoms with E-state index in [1.807, 2.05) is 11.9 Å². The van der Waals surface area contributed by atoms with Crippen molar-refractivity contribution in [2.45, 2.75) is 32.7 Å². The first-order valence-corrected chi connectivity index (χ1v) is 5.56. The largest absolute Gasteiger partial charge is 0.464 e. The van der Waals surface area contributed by atoms with Gasteiger partial charge in [-0.05, 0) is 20.3 Å². The Kier molecular flexibility index (Phi) is 4.04. The molecule has 0 unspecified atom stereocenters. The maximum atomic E-state index is 11.4. The molecule has 0 aliphatic heterocycles. The highest BCUT2D eigenvalue weighted by Gasteiger charge is 2.23. The summed E-state index contributed by atoms with van der Waals surface area (Å²) in [5.74, 6) is 0.196. The Morgan fingerprint density at radius 3 is 2.65 bits per heavy atom. The fourth-order valence-corrected chi connectivity index (χ4v) is 1.27. The first-order chi connectivity index (χ1) is 7.92. The smallest absolute Gasteiger partial charge is 0.358 e. The quantitative estimate of drug-likeness (QED) is 0.748. The summed E-state index contributed by atoms with van der Waals surface area (Å²) in [6.45, 7) is 6.33. The number of esters is 1. The molecule has 0 aromatic carbocycles. The third kappa shape index (κ3) is 2.93. The van der Waals surface area contributed by atoms with E-state index in [2.05, 4.69) is 35.5 Å². The van der Waals surface area contributed by atoms with Crippen molar-refractivity contribution < 1.29 is 9.53 Å². The molecule has 0 spiro atoms. The first kappa shape index (κ1) is 13.4. The van der Waals surface area contributed by atoms with Gasteiger partial charge in [0.25, 0.3) is 0 Å². The SMILES string of the molecule is CCC(C)(C)N(C)c1cncc(C(=O)OC)n1. The van der Waals surface area contributed by atoms with E-state index >= 15 is 0 Å². The number of ether oxygens (including phenoxy) is 1. The Morgan fingerprint density at radius 2 is 2.12 bits per heavy atom. The second-order valence-electron chi connectivity index (χ2n) is 4.48. The number of carbonyl (C=O) groups is 1. The molecule has 0 saturated carbocycles. The lowest BCUT2D eigenvalue weighted by atomic mass is 10.0.